The van der Waals surface area contributed by atoms with Gasteiger partial charge in [0.1, 0.15) is 5.78 Å². The number of carbonyl (C=O) groups excluding carboxylic acids is 1. The topological polar surface area (TPSA) is 20.3 Å². The highest BCUT2D eigenvalue weighted by atomic mass is 16.1. The summed E-state index contributed by atoms with van der Waals surface area (Å²) in [6.45, 7) is 11.0. The van der Waals surface area contributed by atoms with Gasteiger partial charge in [0.05, 0.1) is 0 Å². The largest absolute Gasteiger partial charge is 0.299 e. The van der Waals surface area contributed by atoms with Crippen LogP contribution in [0.2, 0.25) is 0 Å². The minimum absolute atomic E-state index is 0.177. The lowest BCUT2D eigenvalue weighted by Crippen LogP contribution is -2.50. The van der Waals surface area contributed by atoms with Crippen molar-refractivity contribution in [3.8, 4) is 0 Å². The first-order valence-corrected chi connectivity index (χ1v) is 4.99. The van der Waals surface area contributed by atoms with Gasteiger partial charge in [-0.25, -0.2) is 0 Å². The molecule has 13 heavy (non-hydrogen) atoms. The van der Waals surface area contributed by atoms with Gasteiger partial charge in [0.2, 0.25) is 0 Å². The Morgan fingerprint density at radius 3 is 2.77 bits per heavy atom. The second kappa shape index (κ2) is 4.05. The number of nitrogens with zero attached hydrogens (tertiary/aromatic N) is 1. The summed E-state index contributed by atoms with van der Waals surface area (Å²) in [4.78, 5) is 13.8. The molecule has 2 nitrogen and oxygen atoms in total. The van der Waals surface area contributed by atoms with E-state index >= 15 is 0 Å². The van der Waals surface area contributed by atoms with Gasteiger partial charge in [0.15, 0.2) is 0 Å². The van der Waals surface area contributed by atoms with Crippen molar-refractivity contribution in [2.24, 2.45) is 5.92 Å². The molecule has 0 amide bonds. The number of hydrogen-bond acceptors (Lipinski definition) is 2. The van der Waals surface area contributed by atoms with Gasteiger partial charge in [0.25, 0.3) is 0 Å². The predicted molar refractivity (Wildman–Crippen MR) is 54.6 cm³/mol. The van der Waals surface area contributed by atoms with Crippen molar-refractivity contribution >= 4 is 5.78 Å². The van der Waals surface area contributed by atoms with Gasteiger partial charge >= 0.3 is 0 Å². The number of carbonyl (C=O) groups is 1. The monoisotopic (exact) mass is 181 g/mol. The minimum Gasteiger partial charge on any atom is -0.299 e. The van der Waals surface area contributed by atoms with Crippen molar-refractivity contribution in [3.05, 3.63) is 12.7 Å². The van der Waals surface area contributed by atoms with Gasteiger partial charge in [-0.15, -0.1) is 6.58 Å². The Bertz CT molecular complexity index is 212. The van der Waals surface area contributed by atoms with E-state index in [2.05, 4.69) is 25.3 Å². The molecule has 2 heteroatoms. The van der Waals surface area contributed by atoms with Crippen LogP contribution in [0.15, 0.2) is 12.7 Å². The molecule has 1 aliphatic heterocycles. The molecule has 0 radical (unpaired) electrons. The molecule has 1 fully saturated rings. The number of ketones is 1. The molecule has 0 aromatic carbocycles. The standard InChI is InChI=1S/C11H19NO/c1-5-8(2)12-7-6-11(13)9(3)10(12)4/h5,8-10H,1,6-7H2,2-4H3. The number of piperidine rings is 1. The first kappa shape index (κ1) is 10.5. The van der Waals surface area contributed by atoms with Crippen molar-refractivity contribution < 1.29 is 4.79 Å². The molecule has 0 spiro atoms. The van der Waals surface area contributed by atoms with Crippen molar-refractivity contribution in [2.45, 2.75) is 39.3 Å². The number of hydrogen-bond donors (Lipinski definition) is 0. The lowest BCUT2D eigenvalue weighted by Gasteiger charge is -2.39. The fraction of sp³-hybridized carbons (Fsp3) is 0.727. The molecule has 1 saturated heterocycles. The summed E-state index contributed by atoms with van der Waals surface area (Å²) in [6.07, 6.45) is 2.64. The van der Waals surface area contributed by atoms with Crippen LogP contribution in [0.5, 0.6) is 0 Å². The van der Waals surface area contributed by atoms with E-state index in [0.29, 0.717) is 24.3 Å². The summed E-state index contributed by atoms with van der Waals surface area (Å²) in [5, 5.41) is 0. The highest BCUT2D eigenvalue weighted by molar-refractivity contribution is 5.82. The van der Waals surface area contributed by atoms with Crippen LogP contribution in [0.4, 0.5) is 0 Å². The maximum Gasteiger partial charge on any atom is 0.138 e. The van der Waals surface area contributed by atoms with E-state index in [4.69, 9.17) is 0 Å². The zero-order chi connectivity index (χ0) is 10.0. The van der Waals surface area contributed by atoms with E-state index in [9.17, 15) is 4.79 Å². The highest BCUT2D eigenvalue weighted by Crippen LogP contribution is 2.22. The van der Waals surface area contributed by atoms with Gasteiger partial charge < -0.3 is 0 Å². The van der Waals surface area contributed by atoms with Gasteiger partial charge in [-0.2, -0.15) is 0 Å². The first-order chi connectivity index (χ1) is 6.07. The van der Waals surface area contributed by atoms with Gasteiger partial charge in [-0.1, -0.05) is 13.0 Å². The summed E-state index contributed by atoms with van der Waals surface area (Å²) < 4.78 is 0. The number of likely N-dealkylation sites (tertiary alicyclic amines) is 1. The molecule has 3 unspecified atom stereocenters. The molecule has 0 aromatic heterocycles. The molecule has 3 atom stereocenters. The Labute approximate surface area is 80.6 Å². The van der Waals surface area contributed by atoms with Crippen molar-refractivity contribution in [1.82, 2.24) is 4.90 Å². The van der Waals surface area contributed by atoms with Gasteiger partial charge in [-0.05, 0) is 13.8 Å². The number of Topliss-reactive ketones (excluding diaryl/α,β-unsaturated/α-hetero) is 1. The zero-order valence-electron chi connectivity index (χ0n) is 8.79. The molecular weight excluding hydrogens is 162 g/mol. The summed E-state index contributed by atoms with van der Waals surface area (Å²) in [6, 6.07) is 0.736. The van der Waals surface area contributed by atoms with E-state index in [1.165, 1.54) is 0 Å². The van der Waals surface area contributed by atoms with Crippen LogP contribution in [0.1, 0.15) is 27.2 Å². The Morgan fingerprint density at radius 1 is 1.62 bits per heavy atom. The summed E-state index contributed by atoms with van der Waals surface area (Å²) in [5.74, 6) is 0.580. The van der Waals surface area contributed by atoms with Gasteiger partial charge in [-0.3, -0.25) is 9.69 Å². The first-order valence-electron chi connectivity index (χ1n) is 4.99. The van der Waals surface area contributed by atoms with Crippen LogP contribution in [-0.2, 0) is 4.79 Å². The Morgan fingerprint density at radius 2 is 2.23 bits per heavy atom. The maximum absolute atomic E-state index is 11.4. The zero-order valence-corrected chi connectivity index (χ0v) is 8.79. The summed E-state index contributed by atoms with van der Waals surface area (Å²) in [5.41, 5.74) is 0. The van der Waals surface area contributed by atoms with E-state index in [1.807, 2.05) is 13.0 Å². The van der Waals surface area contributed by atoms with Crippen LogP contribution in [0, 0.1) is 5.92 Å². The second-order valence-corrected chi connectivity index (χ2v) is 3.96. The smallest absolute Gasteiger partial charge is 0.138 e. The van der Waals surface area contributed by atoms with Crippen LogP contribution in [-0.4, -0.2) is 29.3 Å². The van der Waals surface area contributed by atoms with Crippen molar-refractivity contribution in [3.63, 3.8) is 0 Å². The third kappa shape index (κ3) is 1.99. The maximum atomic E-state index is 11.4. The van der Waals surface area contributed by atoms with E-state index < -0.39 is 0 Å². The molecule has 1 aliphatic rings. The van der Waals surface area contributed by atoms with Crippen molar-refractivity contribution in [2.75, 3.05) is 6.54 Å². The van der Waals surface area contributed by atoms with Gasteiger partial charge in [0, 0.05) is 31.0 Å². The molecule has 0 N–H and O–H groups in total. The molecular formula is C11H19NO. The second-order valence-electron chi connectivity index (χ2n) is 3.96. The molecule has 1 heterocycles. The third-order valence-corrected chi connectivity index (χ3v) is 3.24. The highest BCUT2D eigenvalue weighted by Gasteiger charge is 2.32. The average molecular weight is 181 g/mol. The average Bonchev–Trinajstić information content (AvgIpc) is 2.13. The minimum atomic E-state index is 0.177. The van der Waals surface area contributed by atoms with E-state index in [-0.39, 0.29) is 5.92 Å². The third-order valence-electron chi connectivity index (χ3n) is 3.24. The van der Waals surface area contributed by atoms with Crippen LogP contribution in [0.25, 0.3) is 0 Å². The molecule has 1 rings (SSSR count). The Hall–Kier alpha value is -0.630. The van der Waals surface area contributed by atoms with Crippen molar-refractivity contribution in [1.29, 1.82) is 0 Å². The predicted octanol–water partition coefficient (Wildman–Crippen LogP) is 1.86. The van der Waals surface area contributed by atoms with Crippen LogP contribution < -0.4 is 0 Å². The SMILES string of the molecule is C=CC(C)N1CCC(=O)C(C)C1C. The summed E-state index contributed by atoms with van der Waals surface area (Å²) in [7, 11) is 0. The van der Waals surface area contributed by atoms with E-state index in [0.717, 1.165) is 6.54 Å². The Balaban J connectivity index is 2.68. The fourth-order valence-electron chi connectivity index (χ4n) is 1.94. The molecule has 0 aromatic rings. The molecule has 0 saturated carbocycles. The quantitative estimate of drug-likeness (QED) is 0.606. The lowest BCUT2D eigenvalue weighted by atomic mass is 9.89. The fourth-order valence-corrected chi connectivity index (χ4v) is 1.94. The molecule has 74 valence electrons. The molecule has 0 aliphatic carbocycles. The summed E-state index contributed by atoms with van der Waals surface area (Å²) >= 11 is 0. The number of rotatable bonds is 2. The normalized spacial score (nSPS) is 33.0. The van der Waals surface area contributed by atoms with Crippen LogP contribution >= 0.6 is 0 Å². The molecule has 0 bridgehead atoms. The van der Waals surface area contributed by atoms with E-state index in [1.54, 1.807) is 0 Å². The Kier molecular flexibility index (Phi) is 3.26. The lowest BCUT2D eigenvalue weighted by molar-refractivity contribution is -0.128. The van der Waals surface area contributed by atoms with Crippen LogP contribution in [0.3, 0.4) is 0 Å².